The van der Waals surface area contributed by atoms with Crippen LogP contribution in [0.25, 0.3) is 22.4 Å². The molecule has 2 aromatic heterocycles. The smallest absolute Gasteiger partial charge is 0.384 e. The highest BCUT2D eigenvalue weighted by molar-refractivity contribution is 6.07. The molecule has 0 saturated carbocycles. The fourth-order valence-electron chi connectivity index (χ4n) is 3.51. The minimum Gasteiger partial charge on any atom is -0.384 e. The van der Waals surface area contributed by atoms with Gasteiger partial charge in [-0.25, -0.2) is 4.98 Å². The molecule has 0 unspecified atom stereocenters. The van der Waals surface area contributed by atoms with Crippen LogP contribution < -0.4 is 0 Å². The molecule has 1 amide bonds. The Morgan fingerprint density at radius 3 is 2.76 bits per heavy atom. The van der Waals surface area contributed by atoms with Crippen molar-refractivity contribution in [3.8, 4) is 11.3 Å². The molecule has 6 nitrogen and oxygen atoms in total. The van der Waals surface area contributed by atoms with Crippen molar-refractivity contribution in [3.05, 3.63) is 47.2 Å². The number of amides is 1. The van der Waals surface area contributed by atoms with Crippen LogP contribution in [0.4, 0.5) is 13.2 Å². The number of hydrogen-bond donors (Lipinski definition) is 0. The molecular weight excluding hydrogens is 387 g/mol. The van der Waals surface area contributed by atoms with Crippen molar-refractivity contribution < 1.29 is 27.2 Å². The quantitative estimate of drug-likeness (QED) is 0.658. The second-order valence-corrected chi connectivity index (χ2v) is 7.11. The van der Waals surface area contributed by atoms with Gasteiger partial charge in [0.25, 0.3) is 11.6 Å². The highest BCUT2D eigenvalue weighted by Gasteiger charge is 2.34. The van der Waals surface area contributed by atoms with Gasteiger partial charge in [0.15, 0.2) is 0 Å². The molecule has 3 heterocycles. The van der Waals surface area contributed by atoms with Crippen LogP contribution in [0.1, 0.15) is 21.6 Å². The molecule has 0 atom stereocenters. The van der Waals surface area contributed by atoms with Crippen LogP contribution in [0, 0.1) is 12.8 Å². The van der Waals surface area contributed by atoms with Gasteiger partial charge in [0.2, 0.25) is 0 Å². The second kappa shape index (κ2) is 7.14. The first-order valence-corrected chi connectivity index (χ1v) is 9.01. The molecule has 9 heteroatoms. The summed E-state index contributed by atoms with van der Waals surface area (Å²) in [6.45, 7) is 3.37. The number of alkyl halides is 3. The first kappa shape index (κ1) is 19.4. The first-order valence-electron chi connectivity index (χ1n) is 9.01. The monoisotopic (exact) mass is 405 g/mol. The molecule has 0 radical (unpaired) electrons. The van der Waals surface area contributed by atoms with Crippen molar-refractivity contribution in [1.82, 2.24) is 15.0 Å². The molecule has 1 aromatic carbocycles. The number of likely N-dealkylation sites (tertiary alicyclic amines) is 1. The van der Waals surface area contributed by atoms with E-state index in [-0.39, 0.29) is 28.8 Å². The third-order valence-corrected chi connectivity index (χ3v) is 4.98. The predicted octanol–water partition coefficient (Wildman–Crippen LogP) is 3.94. The average Bonchev–Trinajstić information content (AvgIpc) is 3.03. The zero-order valence-corrected chi connectivity index (χ0v) is 15.8. The van der Waals surface area contributed by atoms with Crippen LogP contribution in [0.3, 0.4) is 0 Å². The number of halogens is 3. The van der Waals surface area contributed by atoms with Gasteiger partial charge in [-0.1, -0.05) is 17.3 Å². The molecule has 1 fully saturated rings. The number of hydrogen-bond acceptors (Lipinski definition) is 5. The number of methoxy groups -OCH3 is 1. The van der Waals surface area contributed by atoms with Crippen molar-refractivity contribution >= 4 is 17.0 Å². The van der Waals surface area contributed by atoms with Gasteiger partial charge >= 0.3 is 6.18 Å². The van der Waals surface area contributed by atoms with E-state index in [1.807, 2.05) is 0 Å². The molecule has 152 valence electrons. The molecule has 1 saturated heterocycles. The van der Waals surface area contributed by atoms with Crippen molar-refractivity contribution in [2.24, 2.45) is 5.92 Å². The van der Waals surface area contributed by atoms with Gasteiger partial charge in [0, 0.05) is 31.7 Å². The number of aryl methyl sites for hydroxylation is 1. The van der Waals surface area contributed by atoms with E-state index in [1.54, 1.807) is 18.9 Å². The maximum atomic E-state index is 13.1. The molecule has 0 bridgehead atoms. The summed E-state index contributed by atoms with van der Waals surface area (Å²) in [5.74, 6) is 0.0390. The summed E-state index contributed by atoms with van der Waals surface area (Å²) in [6.07, 6.45) is -4.48. The van der Waals surface area contributed by atoms with E-state index < -0.39 is 11.7 Å². The summed E-state index contributed by atoms with van der Waals surface area (Å²) in [5.41, 5.74) is 0.610. The highest BCUT2D eigenvalue weighted by atomic mass is 19.4. The number of aromatic nitrogens is 2. The fourth-order valence-corrected chi connectivity index (χ4v) is 3.51. The van der Waals surface area contributed by atoms with Crippen LogP contribution in [-0.2, 0) is 10.9 Å². The number of nitrogens with zero attached hydrogens (tertiary/aromatic N) is 3. The summed E-state index contributed by atoms with van der Waals surface area (Å²) in [7, 11) is 1.61. The van der Waals surface area contributed by atoms with E-state index in [2.05, 4.69) is 10.1 Å². The summed E-state index contributed by atoms with van der Waals surface area (Å²) in [5, 5.41) is 4.34. The van der Waals surface area contributed by atoms with Gasteiger partial charge in [-0.05, 0) is 25.1 Å². The predicted molar refractivity (Wildman–Crippen MR) is 98.2 cm³/mol. The number of benzene rings is 1. The van der Waals surface area contributed by atoms with Crippen molar-refractivity contribution in [2.75, 3.05) is 26.8 Å². The standard InChI is InChI=1S/C20H18F3N3O3/c1-11-17-15(19(27)26-8-12(9-26)10-28-2)7-16(24-18(17)29-25-11)13-4-3-5-14(6-13)20(21,22)23/h3-7,12H,8-10H2,1-2H3. The fraction of sp³-hybridized carbons (Fsp3) is 0.350. The number of ether oxygens (including phenoxy) is 1. The molecule has 0 aliphatic carbocycles. The molecule has 3 aromatic rings. The minimum absolute atomic E-state index is 0.120. The number of fused-ring (bicyclic) bond motifs is 1. The zero-order chi connectivity index (χ0) is 20.8. The Kier molecular flexibility index (Phi) is 4.77. The number of rotatable bonds is 4. The summed E-state index contributed by atoms with van der Waals surface area (Å²) < 4.78 is 49.6. The number of carbonyl (C=O) groups excluding carboxylic acids is 1. The molecule has 1 aliphatic rings. The van der Waals surface area contributed by atoms with Gasteiger partial charge in [-0.2, -0.15) is 13.2 Å². The Bertz CT molecular complexity index is 1070. The minimum atomic E-state index is -4.48. The van der Waals surface area contributed by atoms with E-state index in [0.717, 1.165) is 12.1 Å². The zero-order valence-electron chi connectivity index (χ0n) is 15.8. The van der Waals surface area contributed by atoms with Crippen LogP contribution >= 0.6 is 0 Å². The lowest BCUT2D eigenvalue weighted by atomic mass is 9.98. The van der Waals surface area contributed by atoms with E-state index in [4.69, 9.17) is 9.26 Å². The Morgan fingerprint density at radius 1 is 1.31 bits per heavy atom. The van der Waals surface area contributed by atoms with Crippen molar-refractivity contribution in [2.45, 2.75) is 13.1 Å². The van der Waals surface area contributed by atoms with Crippen LogP contribution in [0.15, 0.2) is 34.9 Å². The molecular formula is C20H18F3N3O3. The Labute approximate surface area is 164 Å². The lowest BCUT2D eigenvalue weighted by molar-refractivity contribution is -0.137. The Morgan fingerprint density at radius 2 is 2.07 bits per heavy atom. The Balaban J connectivity index is 1.76. The van der Waals surface area contributed by atoms with Gasteiger partial charge in [-0.15, -0.1) is 0 Å². The third-order valence-electron chi connectivity index (χ3n) is 4.98. The lowest BCUT2D eigenvalue weighted by Crippen LogP contribution is -2.51. The van der Waals surface area contributed by atoms with Crippen molar-refractivity contribution in [1.29, 1.82) is 0 Å². The van der Waals surface area contributed by atoms with Gasteiger partial charge in [0.1, 0.15) is 0 Å². The van der Waals surface area contributed by atoms with E-state index in [9.17, 15) is 18.0 Å². The average molecular weight is 405 g/mol. The van der Waals surface area contributed by atoms with Crippen molar-refractivity contribution in [3.63, 3.8) is 0 Å². The molecule has 1 aliphatic heterocycles. The van der Waals surface area contributed by atoms with Gasteiger partial charge in [0.05, 0.1) is 34.5 Å². The number of pyridine rings is 1. The largest absolute Gasteiger partial charge is 0.416 e. The molecule has 0 N–H and O–H groups in total. The second-order valence-electron chi connectivity index (χ2n) is 7.11. The topological polar surface area (TPSA) is 68.5 Å². The Hall–Kier alpha value is -2.94. The van der Waals surface area contributed by atoms with Crippen LogP contribution in [0.5, 0.6) is 0 Å². The molecule has 29 heavy (non-hydrogen) atoms. The third kappa shape index (κ3) is 3.57. The van der Waals surface area contributed by atoms with E-state index >= 15 is 0 Å². The summed E-state index contributed by atoms with van der Waals surface area (Å²) in [6, 6.07) is 6.32. The number of carbonyl (C=O) groups is 1. The van der Waals surface area contributed by atoms with E-state index in [1.165, 1.54) is 18.2 Å². The van der Waals surface area contributed by atoms with Crippen LogP contribution in [0.2, 0.25) is 0 Å². The maximum absolute atomic E-state index is 13.1. The summed E-state index contributed by atoms with van der Waals surface area (Å²) >= 11 is 0. The normalized spacial score (nSPS) is 15.0. The van der Waals surface area contributed by atoms with Crippen LogP contribution in [-0.4, -0.2) is 47.8 Å². The molecule has 4 rings (SSSR count). The first-order chi connectivity index (χ1) is 13.8. The SMILES string of the molecule is COCC1CN(C(=O)c2cc(-c3cccc(C(F)(F)F)c3)nc3onc(C)c23)C1. The van der Waals surface area contributed by atoms with Gasteiger partial charge in [-0.3, -0.25) is 4.79 Å². The maximum Gasteiger partial charge on any atom is 0.416 e. The molecule has 0 spiro atoms. The van der Waals surface area contributed by atoms with Gasteiger partial charge < -0.3 is 14.2 Å². The summed E-state index contributed by atoms with van der Waals surface area (Å²) in [4.78, 5) is 19.0. The highest BCUT2D eigenvalue weighted by Crippen LogP contribution is 2.34. The van der Waals surface area contributed by atoms with E-state index in [0.29, 0.717) is 36.3 Å². The lowest BCUT2D eigenvalue weighted by Gasteiger charge is -2.39.